The van der Waals surface area contributed by atoms with Crippen molar-refractivity contribution in [1.29, 1.82) is 0 Å². The molecule has 2 amide bonds. The first-order chi connectivity index (χ1) is 14.0. The van der Waals surface area contributed by atoms with Crippen LogP contribution >= 0.6 is 23.1 Å². The van der Waals surface area contributed by atoms with Crippen LogP contribution in [0.3, 0.4) is 0 Å². The monoisotopic (exact) mass is 427 g/mol. The van der Waals surface area contributed by atoms with Gasteiger partial charge in [-0.15, -0.1) is 21.5 Å². The molecule has 9 heteroatoms. The van der Waals surface area contributed by atoms with E-state index in [9.17, 15) is 9.59 Å². The van der Waals surface area contributed by atoms with Gasteiger partial charge in [-0.2, -0.15) is 0 Å². The maximum absolute atomic E-state index is 13.0. The molecular weight excluding hydrogens is 406 g/mol. The van der Waals surface area contributed by atoms with E-state index in [1.807, 2.05) is 45.2 Å². The molecule has 1 aromatic carbocycles. The highest BCUT2D eigenvalue weighted by Crippen LogP contribution is 2.33. The van der Waals surface area contributed by atoms with E-state index >= 15 is 0 Å². The summed E-state index contributed by atoms with van der Waals surface area (Å²) in [5.74, 6) is 0.591. The van der Waals surface area contributed by atoms with Crippen molar-refractivity contribution in [2.24, 2.45) is 5.73 Å². The molecule has 1 unspecified atom stereocenters. The fourth-order valence-corrected chi connectivity index (χ4v) is 5.09. The van der Waals surface area contributed by atoms with Crippen molar-refractivity contribution in [3.8, 4) is 10.7 Å². The summed E-state index contributed by atoms with van der Waals surface area (Å²) < 4.78 is 1.87. The van der Waals surface area contributed by atoms with E-state index in [-0.39, 0.29) is 30.0 Å². The number of benzene rings is 1. The Morgan fingerprint density at radius 2 is 2.07 bits per heavy atom. The molecule has 0 saturated heterocycles. The second-order valence-corrected chi connectivity index (χ2v) is 8.78. The number of nitrogens with zero attached hydrogens (tertiary/aromatic N) is 4. The van der Waals surface area contributed by atoms with Crippen molar-refractivity contribution in [2.45, 2.75) is 37.5 Å². The molecule has 1 atom stereocenters. The smallest absolute Gasteiger partial charge is 0.237 e. The minimum atomic E-state index is -0.384. The van der Waals surface area contributed by atoms with E-state index < -0.39 is 0 Å². The minimum absolute atomic E-state index is 0.0366. The first kappa shape index (κ1) is 19.7. The molecule has 4 rings (SSSR count). The number of anilines is 1. The average molecular weight is 428 g/mol. The summed E-state index contributed by atoms with van der Waals surface area (Å²) >= 11 is 2.89. The zero-order valence-corrected chi connectivity index (χ0v) is 17.6. The molecule has 0 fully saturated rings. The lowest BCUT2D eigenvalue weighted by Crippen LogP contribution is -2.37. The van der Waals surface area contributed by atoms with Gasteiger partial charge in [0, 0.05) is 24.7 Å². The number of para-hydroxylation sites is 1. The Balaban J connectivity index is 1.52. The van der Waals surface area contributed by atoms with Crippen LogP contribution in [-0.2, 0) is 22.6 Å². The lowest BCUT2D eigenvalue weighted by atomic mass is 10.1. The number of amides is 2. The van der Waals surface area contributed by atoms with Gasteiger partial charge in [0.2, 0.25) is 11.8 Å². The lowest BCUT2D eigenvalue weighted by molar-refractivity contribution is -0.118. The van der Waals surface area contributed by atoms with Crippen LogP contribution in [-0.4, -0.2) is 38.4 Å². The molecular formula is C20H21N5O2S2. The third-order valence-electron chi connectivity index (χ3n) is 4.84. The van der Waals surface area contributed by atoms with Gasteiger partial charge in [-0.25, -0.2) is 0 Å². The van der Waals surface area contributed by atoms with Crippen molar-refractivity contribution in [3.05, 3.63) is 47.3 Å². The predicted molar refractivity (Wildman–Crippen MR) is 115 cm³/mol. The van der Waals surface area contributed by atoms with Crippen LogP contribution in [0.25, 0.3) is 10.7 Å². The molecule has 0 spiro atoms. The Labute approximate surface area is 176 Å². The lowest BCUT2D eigenvalue weighted by Gasteiger charge is -2.22. The molecule has 2 aromatic heterocycles. The quantitative estimate of drug-likeness (QED) is 0.585. The molecule has 3 heterocycles. The predicted octanol–water partition coefficient (Wildman–Crippen LogP) is 2.95. The molecule has 0 radical (unpaired) electrons. The average Bonchev–Trinajstić information content (AvgIpc) is 3.41. The van der Waals surface area contributed by atoms with E-state index in [0.717, 1.165) is 17.0 Å². The van der Waals surface area contributed by atoms with Crippen LogP contribution in [0.4, 0.5) is 5.69 Å². The van der Waals surface area contributed by atoms with Gasteiger partial charge in [0.25, 0.3) is 0 Å². The van der Waals surface area contributed by atoms with Gasteiger partial charge in [0.15, 0.2) is 11.0 Å². The van der Waals surface area contributed by atoms with Gasteiger partial charge in [-0.1, -0.05) is 36.0 Å². The SMILES string of the molecule is CC1Cc2ccccc2N1C(=O)CSc1nnc(-c2cccs2)n1CCC(N)=O. The molecule has 0 saturated carbocycles. The number of nitrogens with two attached hydrogens (primary N) is 1. The number of carbonyl (C=O) groups excluding carboxylic acids is 2. The summed E-state index contributed by atoms with van der Waals surface area (Å²) in [6.07, 6.45) is 1.05. The Bertz CT molecular complexity index is 1030. The second kappa shape index (κ2) is 8.38. The second-order valence-electron chi connectivity index (χ2n) is 6.89. The number of rotatable bonds is 7. The Kier molecular flexibility index (Phi) is 5.68. The number of primary amides is 1. The van der Waals surface area contributed by atoms with Gasteiger partial charge in [0.1, 0.15) is 0 Å². The molecule has 150 valence electrons. The Hall–Kier alpha value is -2.65. The van der Waals surface area contributed by atoms with Crippen LogP contribution in [0.1, 0.15) is 18.9 Å². The van der Waals surface area contributed by atoms with Crippen LogP contribution in [0.2, 0.25) is 0 Å². The van der Waals surface area contributed by atoms with Gasteiger partial charge in [-0.05, 0) is 36.4 Å². The zero-order chi connectivity index (χ0) is 20.4. The number of carbonyl (C=O) groups is 2. The molecule has 0 aliphatic carbocycles. The summed E-state index contributed by atoms with van der Waals surface area (Å²) in [6, 6.07) is 12.0. The van der Waals surface area contributed by atoms with Crippen molar-refractivity contribution in [3.63, 3.8) is 0 Å². The van der Waals surface area contributed by atoms with E-state index in [0.29, 0.717) is 17.5 Å². The standard InChI is InChI=1S/C20H21N5O2S2/c1-13-11-14-5-2-3-6-15(14)25(13)18(27)12-29-20-23-22-19(16-7-4-10-28-16)24(20)9-8-17(21)26/h2-7,10,13H,8-9,11-12H2,1H3,(H2,21,26). The van der Waals surface area contributed by atoms with E-state index in [1.54, 1.807) is 11.3 Å². The van der Waals surface area contributed by atoms with E-state index in [2.05, 4.69) is 23.2 Å². The zero-order valence-electron chi connectivity index (χ0n) is 15.9. The van der Waals surface area contributed by atoms with Crippen LogP contribution in [0, 0.1) is 0 Å². The number of aromatic nitrogens is 3. The van der Waals surface area contributed by atoms with Crippen molar-refractivity contribution in [1.82, 2.24) is 14.8 Å². The summed E-state index contributed by atoms with van der Waals surface area (Å²) in [6.45, 7) is 2.45. The summed E-state index contributed by atoms with van der Waals surface area (Å²) in [5, 5.41) is 11.1. The number of thiophene rings is 1. The summed E-state index contributed by atoms with van der Waals surface area (Å²) in [4.78, 5) is 27.1. The van der Waals surface area contributed by atoms with Crippen molar-refractivity contribution >= 4 is 40.6 Å². The third kappa shape index (κ3) is 4.06. The number of hydrogen-bond acceptors (Lipinski definition) is 6. The molecule has 1 aliphatic heterocycles. The van der Waals surface area contributed by atoms with Gasteiger partial charge in [0.05, 0.1) is 10.6 Å². The molecule has 2 N–H and O–H groups in total. The van der Waals surface area contributed by atoms with Crippen LogP contribution in [0.15, 0.2) is 46.9 Å². The van der Waals surface area contributed by atoms with Gasteiger partial charge >= 0.3 is 0 Å². The Morgan fingerprint density at radius 3 is 2.83 bits per heavy atom. The van der Waals surface area contributed by atoms with Crippen molar-refractivity contribution in [2.75, 3.05) is 10.7 Å². The van der Waals surface area contributed by atoms with Gasteiger partial charge < -0.3 is 15.2 Å². The minimum Gasteiger partial charge on any atom is -0.370 e. The highest BCUT2D eigenvalue weighted by Gasteiger charge is 2.30. The van der Waals surface area contributed by atoms with E-state index in [4.69, 9.17) is 5.73 Å². The molecule has 1 aliphatic rings. The fourth-order valence-electron chi connectivity index (χ4n) is 3.55. The Morgan fingerprint density at radius 1 is 1.24 bits per heavy atom. The molecule has 3 aromatic rings. The van der Waals surface area contributed by atoms with Crippen LogP contribution < -0.4 is 10.6 Å². The number of fused-ring (bicyclic) bond motifs is 1. The fraction of sp³-hybridized carbons (Fsp3) is 0.300. The topological polar surface area (TPSA) is 94.1 Å². The third-order valence-corrected chi connectivity index (χ3v) is 6.66. The maximum atomic E-state index is 13.0. The summed E-state index contributed by atoms with van der Waals surface area (Å²) in [7, 11) is 0. The van der Waals surface area contributed by atoms with Crippen molar-refractivity contribution < 1.29 is 9.59 Å². The maximum Gasteiger partial charge on any atom is 0.237 e. The molecule has 7 nitrogen and oxygen atoms in total. The summed E-state index contributed by atoms with van der Waals surface area (Å²) in [5.41, 5.74) is 7.52. The molecule has 29 heavy (non-hydrogen) atoms. The number of hydrogen-bond donors (Lipinski definition) is 1. The largest absolute Gasteiger partial charge is 0.370 e. The first-order valence-corrected chi connectivity index (χ1v) is 11.2. The van der Waals surface area contributed by atoms with Crippen LogP contribution in [0.5, 0.6) is 0 Å². The highest BCUT2D eigenvalue weighted by atomic mass is 32.2. The molecule has 0 bridgehead atoms. The van der Waals surface area contributed by atoms with E-state index in [1.165, 1.54) is 17.3 Å². The van der Waals surface area contributed by atoms with Gasteiger partial charge in [-0.3, -0.25) is 9.59 Å². The first-order valence-electron chi connectivity index (χ1n) is 9.32. The highest BCUT2D eigenvalue weighted by molar-refractivity contribution is 7.99. The number of thioether (sulfide) groups is 1. The normalized spacial score (nSPS) is 15.5.